The van der Waals surface area contributed by atoms with Crippen LogP contribution in [0.3, 0.4) is 0 Å². The minimum Gasteiger partial charge on any atom is -0.478 e. The van der Waals surface area contributed by atoms with Gasteiger partial charge in [-0.1, -0.05) is 22.0 Å². The number of carboxylic acids is 1. The Kier molecular flexibility index (Phi) is 2.40. The van der Waals surface area contributed by atoms with E-state index in [1.54, 1.807) is 12.1 Å². The molecule has 1 aliphatic carbocycles. The quantitative estimate of drug-likeness (QED) is 0.920. The average molecular weight is 292 g/mol. The lowest BCUT2D eigenvalue weighted by atomic mass is 10.1. The topological polar surface area (TPSA) is 50.2 Å². The molecule has 1 aromatic heterocycles. The van der Waals surface area contributed by atoms with Crippen molar-refractivity contribution in [2.45, 2.75) is 18.8 Å². The second kappa shape index (κ2) is 3.81. The molecule has 86 valence electrons. The maximum Gasteiger partial charge on any atom is 0.336 e. The molecule has 17 heavy (non-hydrogen) atoms. The van der Waals surface area contributed by atoms with E-state index in [1.165, 1.54) is 0 Å². The Hall–Kier alpha value is -1.42. The Labute approximate surface area is 107 Å². The summed E-state index contributed by atoms with van der Waals surface area (Å²) < 4.78 is 0.918. The highest BCUT2D eigenvalue weighted by Gasteiger charge is 2.26. The van der Waals surface area contributed by atoms with E-state index < -0.39 is 5.97 Å². The minimum absolute atomic E-state index is 0.351. The van der Waals surface area contributed by atoms with Crippen LogP contribution in [0.15, 0.2) is 28.7 Å². The summed E-state index contributed by atoms with van der Waals surface area (Å²) >= 11 is 3.38. The van der Waals surface area contributed by atoms with Crippen LogP contribution in [0, 0.1) is 0 Å². The molecule has 2 aromatic rings. The molecule has 0 atom stereocenters. The first-order valence-corrected chi connectivity index (χ1v) is 6.28. The second-order valence-corrected chi connectivity index (χ2v) is 5.25. The van der Waals surface area contributed by atoms with E-state index in [0.717, 1.165) is 28.5 Å². The van der Waals surface area contributed by atoms with E-state index in [1.807, 2.05) is 12.1 Å². The normalized spacial score (nSPS) is 15.1. The van der Waals surface area contributed by atoms with E-state index >= 15 is 0 Å². The van der Waals surface area contributed by atoms with Gasteiger partial charge in [-0.05, 0) is 31.0 Å². The molecule has 3 rings (SSSR count). The van der Waals surface area contributed by atoms with E-state index in [4.69, 9.17) is 0 Å². The third kappa shape index (κ3) is 1.93. The molecule has 3 nitrogen and oxygen atoms in total. The molecule has 1 fully saturated rings. The van der Waals surface area contributed by atoms with Crippen molar-refractivity contribution in [3.05, 3.63) is 40.0 Å². The molecular formula is C13H10BrNO2. The van der Waals surface area contributed by atoms with Crippen LogP contribution in [-0.2, 0) is 0 Å². The van der Waals surface area contributed by atoms with Gasteiger partial charge in [0.2, 0.25) is 0 Å². The summed E-state index contributed by atoms with van der Waals surface area (Å²) in [4.78, 5) is 15.8. The van der Waals surface area contributed by atoms with Crippen molar-refractivity contribution < 1.29 is 9.90 Å². The predicted molar refractivity (Wildman–Crippen MR) is 68.4 cm³/mol. The van der Waals surface area contributed by atoms with E-state index in [0.29, 0.717) is 16.9 Å². The molecule has 0 saturated heterocycles. The van der Waals surface area contributed by atoms with Gasteiger partial charge in [0.1, 0.15) is 0 Å². The van der Waals surface area contributed by atoms with Crippen molar-refractivity contribution in [1.82, 2.24) is 4.98 Å². The maximum atomic E-state index is 11.3. The lowest BCUT2D eigenvalue weighted by Gasteiger charge is -2.06. The van der Waals surface area contributed by atoms with Gasteiger partial charge in [-0.15, -0.1) is 0 Å². The van der Waals surface area contributed by atoms with Crippen LogP contribution >= 0.6 is 15.9 Å². The molecule has 1 aliphatic rings. The maximum absolute atomic E-state index is 11.3. The summed E-state index contributed by atoms with van der Waals surface area (Å²) in [5.41, 5.74) is 2.01. The minimum atomic E-state index is -0.887. The number of hydrogen-bond acceptors (Lipinski definition) is 2. The molecule has 4 heteroatoms. The number of halogens is 1. The Balaban J connectivity index is 2.30. The van der Waals surface area contributed by atoms with Gasteiger partial charge in [0.25, 0.3) is 0 Å². The molecule has 1 N–H and O–H groups in total. The zero-order chi connectivity index (χ0) is 12.0. The monoisotopic (exact) mass is 291 g/mol. The number of carbonyl (C=O) groups is 1. The third-order valence-electron chi connectivity index (χ3n) is 3.02. The second-order valence-electron chi connectivity index (χ2n) is 4.34. The molecule has 0 spiro atoms. The fourth-order valence-corrected chi connectivity index (χ4v) is 2.34. The smallest absolute Gasteiger partial charge is 0.336 e. The standard InChI is InChI=1S/C13H10BrNO2/c14-8-3-4-9-10(13(16)17)6-11(7-1-2-7)15-12(9)5-8/h3-7H,1-2H2,(H,16,17). The molecule has 0 unspecified atom stereocenters. The van der Waals surface area contributed by atoms with Gasteiger partial charge in [0, 0.05) is 21.5 Å². The van der Waals surface area contributed by atoms with E-state index in [2.05, 4.69) is 20.9 Å². The largest absolute Gasteiger partial charge is 0.478 e. The number of hydrogen-bond donors (Lipinski definition) is 1. The molecular weight excluding hydrogens is 282 g/mol. The number of aromatic nitrogens is 1. The Morgan fingerprint density at radius 2 is 2.12 bits per heavy atom. The van der Waals surface area contributed by atoms with Gasteiger partial charge in [-0.25, -0.2) is 4.79 Å². The van der Waals surface area contributed by atoms with Crippen LogP contribution in [0.25, 0.3) is 10.9 Å². The molecule has 1 saturated carbocycles. The summed E-state index contributed by atoms with van der Waals surface area (Å²) in [5, 5.41) is 9.94. The Morgan fingerprint density at radius 3 is 2.76 bits per heavy atom. The lowest BCUT2D eigenvalue weighted by Crippen LogP contribution is -2.01. The molecule has 0 amide bonds. The molecule has 0 bridgehead atoms. The molecule has 0 radical (unpaired) electrons. The zero-order valence-electron chi connectivity index (χ0n) is 8.98. The van der Waals surface area contributed by atoms with Crippen molar-refractivity contribution in [3.8, 4) is 0 Å². The highest BCUT2D eigenvalue weighted by Crippen LogP contribution is 2.40. The summed E-state index contributed by atoms with van der Waals surface area (Å²) in [7, 11) is 0. The van der Waals surface area contributed by atoms with E-state index in [-0.39, 0.29) is 0 Å². The fraction of sp³-hybridized carbons (Fsp3) is 0.231. The zero-order valence-corrected chi connectivity index (χ0v) is 10.6. The molecule has 1 heterocycles. The van der Waals surface area contributed by atoms with Crippen LogP contribution in [0.5, 0.6) is 0 Å². The summed E-state index contributed by atoms with van der Waals surface area (Å²) in [6.07, 6.45) is 2.23. The van der Waals surface area contributed by atoms with Crippen LogP contribution in [0.2, 0.25) is 0 Å². The average Bonchev–Trinajstić information content (AvgIpc) is 3.10. The SMILES string of the molecule is O=C(O)c1cc(C2CC2)nc2cc(Br)ccc12. The van der Waals surface area contributed by atoms with E-state index in [9.17, 15) is 9.90 Å². The molecule has 1 aromatic carbocycles. The van der Waals surface area contributed by atoms with Crippen LogP contribution < -0.4 is 0 Å². The van der Waals surface area contributed by atoms with Gasteiger partial charge in [-0.3, -0.25) is 4.98 Å². The van der Waals surface area contributed by atoms with Gasteiger partial charge in [0.05, 0.1) is 11.1 Å². The lowest BCUT2D eigenvalue weighted by molar-refractivity contribution is 0.0699. The van der Waals surface area contributed by atoms with Crippen LogP contribution in [0.1, 0.15) is 34.8 Å². The number of nitrogens with zero attached hydrogens (tertiary/aromatic N) is 1. The first-order valence-electron chi connectivity index (χ1n) is 5.48. The Bertz CT molecular complexity index is 620. The van der Waals surface area contributed by atoms with Crippen molar-refractivity contribution in [2.75, 3.05) is 0 Å². The van der Waals surface area contributed by atoms with Gasteiger partial charge in [-0.2, -0.15) is 0 Å². The Morgan fingerprint density at radius 1 is 1.35 bits per heavy atom. The number of fused-ring (bicyclic) bond motifs is 1. The third-order valence-corrected chi connectivity index (χ3v) is 3.51. The van der Waals surface area contributed by atoms with Crippen molar-refractivity contribution >= 4 is 32.8 Å². The van der Waals surface area contributed by atoms with Gasteiger partial charge >= 0.3 is 5.97 Å². The van der Waals surface area contributed by atoms with Crippen molar-refractivity contribution in [2.24, 2.45) is 0 Å². The summed E-state index contributed by atoms with van der Waals surface area (Å²) in [6, 6.07) is 7.23. The van der Waals surface area contributed by atoms with Crippen LogP contribution in [0.4, 0.5) is 0 Å². The van der Waals surface area contributed by atoms with Gasteiger partial charge in [0.15, 0.2) is 0 Å². The van der Waals surface area contributed by atoms with Crippen LogP contribution in [-0.4, -0.2) is 16.1 Å². The highest BCUT2D eigenvalue weighted by molar-refractivity contribution is 9.10. The van der Waals surface area contributed by atoms with Gasteiger partial charge < -0.3 is 5.11 Å². The highest BCUT2D eigenvalue weighted by atomic mass is 79.9. The fourth-order valence-electron chi connectivity index (χ4n) is 1.99. The van der Waals surface area contributed by atoms with Crippen molar-refractivity contribution in [1.29, 1.82) is 0 Å². The van der Waals surface area contributed by atoms with Crippen molar-refractivity contribution in [3.63, 3.8) is 0 Å². The molecule has 0 aliphatic heterocycles. The summed E-state index contributed by atoms with van der Waals surface area (Å²) in [5.74, 6) is -0.432. The first kappa shape index (κ1) is 10.7. The first-order chi connectivity index (χ1) is 8.15. The number of rotatable bonds is 2. The predicted octanol–water partition coefficient (Wildman–Crippen LogP) is 3.57. The summed E-state index contributed by atoms with van der Waals surface area (Å²) in [6.45, 7) is 0. The number of aromatic carboxylic acids is 1. The number of pyridine rings is 1. The number of benzene rings is 1. The number of carboxylic acid groups (broad SMARTS) is 1.